The van der Waals surface area contributed by atoms with E-state index in [2.05, 4.69) is 22.6 Å². The van der Waals surface area contributed by atoms with Gasteiger partial charge in [0, 0.05) is 10.7 Å². The molecular weight excluding hydrogens is 332 g/mol. The van der Waals surface area contributed by atoms with Gasteiger partial charge < -0.3 is 4.74 Å². The van der Waals surface area contributed by atoms with Crippen molar-refractivity contribution in [3.05, 3.63) is 33.4 Å². The molecule has 0 amide bonds. The highest BCUT2D eigenvalue weighted by Gasteiger charge is 2.40. The molecule has 0 saturated carbocycles. The molecule has 0 fully saturated rings. The van der Waals surface area contributed by atoms with Crippen LogP contribution in [0.15, 0.2) is 24.3 Å². The Morgan fingerprint density at radius 1 is 1.31 bits per heavy atom. The van der Waals surface area contributed by atoms with E-state index in [1.165, 1.54) is 14.0 Å². The van der Waals surface area contributed by atoms with Crippen molar-refractivity contribution in [1.29, 1.82) is 0 Å². The fourth-order valence-electron chi connectivity index (χ4n) is 1.49. The van der Waals surface area contributed by atoms with Crippen LogP contribution >= 0.6 is 22.6 Å². The lowest BCUT2D eigenvalue weighted by molar-refractivity contribution is -0.181. The lowest BCUT2D eigenvalue weighted by atomic mass is 9.92. The fourth-order valence-corrected chi connectivity index (χ4v) is 2.04. The van der Waals surface area contributed by atoms with Crippen molar-refractivity contribution in [2.75, 3.05) is 7.11 Å². The number of halogens is 4. The van der Waals surface area contributed by atoms with Crippen LogP contribution in [0.1, 0.15) is 18.9 Å². The average Bonchev–Trinajstić information content (AvgIpc) is 2.15. The third-order valence-corrected chi connectivity index (χ3v) is 3.09. The smallest absolute Gasteiger partial charge is 0.373 e. The first-order chi connectivity index (χ1) is 7.27. The number of alkyl halides is 3. The molecular formula is C11H12F3IO. The Kier molecular flexibility index (Phi) is 4.23. The quantitative estimate of drug-likeness (QED) is 0.750. The zero-order valence-corrected chi connectivity index (χ0v) is 11.1. The largest absolute Gasteiger partial charge is 0.392 e. The van der Waals surface area contributed by atoms with Crippen LogP contribution in [0.2, 0.25) is 0 Å². The summed E-state index contributed by atoms with van der Waals surface area (Å²) in [6.07, 6.45) is -5.23. The summed E-state index contributed by atoms with van der Waals surface area (Å²) in [5, 5.41) is 0. The Hall–Kier alpha value is -0.300. The number of methoxy groups -OCH3 is 1. The SMILES string of the molecule is COC(C)(CC(F)(F)F)c1cccc(I)c1. The van der Waals surface area contributed by atoms with Gasteiger partial charge in [-0.3, -0.25) is 0 Å². The van der Waals surface area contributed by atoms with E-state index in [1.54, 1.807) is 18.2 Å². The van der Waals surface area contributed by atoms with Crippen LogP contribution in [0.25, 0.3) is 0 Å². The van der Waals surface area contributed by atoms with Gasteiger partial charge in [0.25, 0.3) is 0 Å². The molecule has 0 aliphatic carbocycles. The molecule has 0 spiro atoms. The molecule has 1 rings (SSSR count). The summed E-state index contributed by atoms with van der Waals surface area (Å²) in [4.78, 5) is 0. The predicted molar refractivity (Wildman–Crippen MR) is 64.2 cm³/mol. The van der Waals surface area contributed by atoms with Crippen LogP contribution in [0.3, 0.4) is 0 Å². The lowest BCUT2D eigenvalue weighted by Crippen LogP contribution is -2.31. The lowest BCUT2D eigenvalue weighted by Gasteiger charge is -2.29. The molecule has 1 nitrogen and oxygen atoms in total. The first-order valence-corrected chi connectivity index (χ1v) is 5.73. The van der Waals surface area contributed by atoms with E-state index in [-0.39, 0.29) is 0 Å². The van der Waals surface area contributed by atoms with Crippen molar-refractivity contribution in [3.63, 3.8) is 0 Å². The molecule has 0 bridgehead atoms. The summed E-state index contributed by atoms with van der Waals surface area (Å²) in [6.45, 7) is 1.45. The van der Waals surface area contributed by atoms with Gasteiger partial charge in [0.15, 0.2) is 0 Å². The van der Waals surface area contributed by atoms with Gasteiger partial charge in [-0.05, 0) is 47.2 Å². The average molecular weight is 344 g/mol. The van der Waals surface area contributed by atoms with Gasteiger partial charge in [0.05, 0.1) is 12.0 Å². The van der Waals surface area contributed by atoms with Crippen molar-refractivity contribution in [2.24, 2.45) is 0 Å². The molecule has 0 aliphatic heterocycles. The third-order valence-electron chi connectivity index (χ3n) is 2.42. The molecule has 1 atom stereocenters. The molecule has 1 aromatic carbocycles. The van der Waals surface area contributed by atoms with Gasteiger partial charge in [-0.1, -0.05) is 12.1 Å². The van der Waals surface area contributed by atoms with Crippen LogP contribution < -0.4 is 0 Å². The topological polar surface area (TPSA) is 9.23 Å². The number of hydrogen-bond acceptors (Lipinski definition) is 1. The number of benzene rings is 1. The van der Waals surface area contributed by atoms with Crippen LogP contribution in [0.4, 0.5) is 13.2 Å². The van der Waals surface area contributed by atoms with Crippen LogP contribution in [-0.4, -0.2) is 13.3 Å². The van der Waals surface area contributed by atoms with Crippen LogP contribution in [0.5, 0.6) is 0 Å². The molecule has 0 heterocycles. The molecule has 0 N–H and O–H groups in total. The zero-order chi connectivity index (χ0) is 12.4. The molecule has 0 radical (unpaired) electrons. The second-order valence-corrected chi connectivity index (χ2v) is 4.98. The van der Waals surface area contributed by atoms with Crippen molar-refractivity contribution in [2.45, 2.75) is 25.1 Å². The van der Waals surface area contributed by atoms with E-state index in [0.29, 0.717) is 5.56 Å². The summed E-state index contributed by atoms with van der Waals surface area (Å²) >= 11 is 2.06. The zero-order valence-electron chi connectivity index (χ0n) is 8.94. The molecule has 0 aliphatic rings. The molecule has 16 heavy (non-hydrogen) atoms. The minimum absolute atomic E-state index is 0.541. The van der Waals surface area contributed by atoms with E-state index in [4.69, 9.17) is 4.74 Å². The number of rotatable bonds is 3. The van der Waals surface area contributed by atoms with Crippen LogP contribution in [-0.2, 0) is 10.3 Å². The predicted octanol–water partition coefficient (Wildman–Crippen LogP) is 4.11. The maximum Gasteiger partial charge on any atom is 0.392 e. The minimum Gasteiger partial charge on any atom is -0.373 e. The first-order valence-electron chi connectivity index (χ1n) is 4.65. The molecule has 0 saturated heterocycles. The standard InChI is InChI=1S/C11H12F3IO/c1-10(16-2,7-11(12,13)14)8-4-3-5-9(15)6-8/h3-6H,7H2,1-2H3. The molecule has 0 aromatic heterocycles. The van der Waals surface area contributed by atoms with E-state index in [0.717, 1.165) is 3.57 Å². The first kappa shape index (κ1) is 13.8. The van der Waals surface area contributed by atoms with E-state index in [9.17, 15) is 13.2 Å². The normalized spacial score (nSPS) is 15.9. The molecule has 1 aromatic rings. The van der Waals surface area contributed by atoms with Gasteiger partial charge in [-0.2, -0.15) is 13.2 Å². The highest BCUT2D eigenvalue weighted by Crippen LogP contribution is 2.37. The number of ether oxygens (including phenoxy) is 1. The Balaban J connectivity index is 3.05. The Morgan fingerprint density at radius 2 is 1.94 bits per heavy atom. The summed E-state index contributed by atoms with van der Waals surface area (Å²) in [6, 6.07) is 6.91. The van der Waals surface area contributed by atoms with Crippen molar-refractivity contribution >= 4 is 22.6 Å². The van der Waals surface area contributed by atoms with Crippen molar-refractivity contribution in [3.8, 4) is 0 Å². The second kappa shape index (κ2) is 4.91. The van der Waals surface area contributed by atoms with Crippen molar-refractivity contribution in [1.82, 2.24) is 0 Å². The van der Waals surface area contributed by atoms with E-state index < -0.39 is 18.2 Å². The Labute approximate surface area is 106 Å². The van der Waals surface area contributed by atoms with E-state index >= 15 is 0 Å². The Bertz CT molecular complexity index is 364. The van der Waals surface area contributed by atoms with Crippen LogP contribution in [0, 0.1) is 3.57 Å². The van der Waals surface area contributed by atoms with Gasteiger partial charge in [0.1, 0.15) is 0 Å². The highest BCUT2D eigenvalue weighted by atomic mass is 127. The Morgan fingerprint density at radius 3 is 2.38 bits per heavy atom. The summed E-state index contributed by atoms with van der Waals surface area (Å²) < 4.78 is 43.2. The summed E-state index contributed by atoms with van der Waals surface area (Å²) in [5.41, 5.74) is -0.779. The summed E-state index contributed by atoms with van der Waals surface area (Å²) in [7, 11) is 1.30. The summed E-state index contributed by atoms with van der Waals surface area (Å²) in [5.74, 6) is 0. The molecule has 5 heteroatoms. The monoisotopic (exact) mass is 344 g/mol. The third kappa shape index (κ3) is 3.62. The maximum atomic E-state index is 12.4. The van der Waals surface area contributed by atoms with Gasteiger partial charge in [-0.25, -0.2) is 0 Å². The van der Waals surface area contributed by atoms with E-state index in [1.807, 2.05) is 6.07 Å². The molecule has 90 valence electrons. The van der Waals surface area contributed by atoms with Gasteiger partial charge >= 0.3 is 6.18 Å². The van der Waals surface area contributed by atoms with Gasteiger partial charge in [0.2, 0.25) is 0 Å². The fraction of sp³-hybridized carbons (Fsp3) is 0.455. The molecule has 1 unspecified atom stereocenters. The highest BCUT2D eigenvalue weighted by molar-refractivity contribution is 14.1. The second-order valence-electron chi connectivity index (χ2n) is 3.74. The number of hydrogen-bond donors (Lipinski definition) is 0. The van der Waals surface area contributed by atoms with Gasteiger partial charge in [-0.15, -0.1) is 0 Å². The maximum absolute atomic E-state index is 12.4. The van der Waals surface area contributed by atoms with Crippen molar-refractivity contribution < 1.29 is 17.9 Å². The minimum atomic E-state index is -4.24.